The first-order valence-corrected chi connectivity index (χ1v) is 6.61. The van der Waals surface area contributed by atoms with Crippen LogP contribution in [0.2, 0.25) is 0 Å². The lowest BCUT2D eigenvalue weighted by Crippen LogP contribution is -2.68. The summed E-state index contributed by atoms with van der Waals surface area (Å²) in [6.45, 7) is 0. The zero-order chi connectivity index (χ0) is 16.4. The maximum Gasteiger partial charge on any atom is 0.266 e. The average Bonchev–Trinajstić information content (AvgIpc) is 2.57. The fraction of sp³-hybridized carbons (Fsp3) is 0.438. The molecule has 1 aromatic rings. The van der Waals surface area contributed by atoms with Crippen molar-refractivity contribution in [3.05, 3.63) is 35.4 Å². The molecule has 0 spiro atoms. The maximum atomic E-state index is 9.54. The number of nitrogens with zero attached hydrogens (tertiary/aromatic N) is 1. The monoisotopic (exact) mass is 305 g/mol. The van der Waals surface area contributed by atoms with Crippen LogP contribution in [0.5, 0.6) is 5.75 Å². The summed E-state index contributed by atoms with van der Waals surface area (Å²) in [5.41, 5.74) is 1.66. The van der Waals surface area contributed by atoms with Gasteiger partial charge >= 0.3 is 0 Å². The Morgan fingerprint density at radius 1 is 0.818 bits per heavy atom. The van der Waals surface area contributed by atoms with Gasteiger partial charge in [0.25, 0.3) is 11.6 Å². The molecule has 0 unspecified atom stereocenters. The van der Waals surface area contributed by atoms with Gasteiger partial charge in [0.2, 0.25) is 0 Å². The van der Waals surface area contributed by atoms with Crippen molar-refractivity contribution in [1.29, 1.82) is 5.26 Å². The molecule has 0 saturated carbocycles. The molecule has 22 heavy (non-hydrogen) atoms. The van der Waals surface area contributed by atoms with Crippen LogP contribution in [0.1, 0.15) is 5.56 Å². The van der Waals surface area contributed by atoms with E-state index in [4.69, 9.17) is 23.7 Å². The van der Waals surface area contributed by atoms with Crippen molar-refractivity contribution in [3.8, 4) is 11.8 Å². The zero-order valence-electron chi connectivity index (χ0n) is 13.3. The van der Waals surface area contributed by atoms with E-state index in [0.717, 1.165) is 5.56 Å². The molecule has 0 saturated heterocycles. The smallest absolute Gasteiger partial charge is 0.266 e. The molecule has 0 atom stereocenters. The van der Waals surface area contributed by atoms with Gasteiger partial charge in [0, 0.05) is 34.0 Å². The zero-order valence-corrected chi connectivity index (χ0v) is 13.3. The van der Waals surface area contributed by atoms with E-state index in [0.29, 0.717) is 16.9 Å². The van der Waals surface area contributed by atoms with Gasteiger partial charge in [-0.3, -0.25) is 0 Å². The van der Waals surface area contributed by atoms with Crippen LogP contribution in [0.25, 0.3) is 5.57 Å². The molecule has 0 aliphatic heterocycles. The van der Waals surface area contributed by atoms with Crippen LogP contribution >= 0.6 is 0 Å². The molecule has 0 amide bonds. The lowest BCUT2D eigenvalue weighted by atomic mass is 9.72. The Hall–Kier alpha value is -1.91. The molecule has 0 N–H and O–H groups in total. The molecule has 118 valence electrons. The van der Waals surface area contributed by atoms with Crippen LogP contribution in [-0.4, -0.2) is 47.1 Å². The molecule has 0 heterocycles. The van der Waals surface area contributed by atoms with Crippen molar-refractivity contribution < 1.29 is 23.7 Å². The van der Waals surface area contributed by atoms with E-state index in [1.165, 1.54) is 28.4 Å². The predicted octanol–water partition coefficient (Wildman–Crippen LogP) is 1.96. The number of nitriles is 1. The molecule has 6 nitrogen and oxygen atoms in total. The first-order chi connectivity index (χ1) is 10.6. The Labute approximate surface area is 129 Å². The summed E-state index contributed by atoms with van der Waals surface area (Å²) in [6.07, 6.45) is 0. The van der Waals surface area contributed by atoms with Crippen molar-refractivity contribution >= 4 is 5.57 Å². The quantitative estimate of drug-likeness (QED) is 0.748. The van der Waals surface area contributed by atoms with Gasteiger partial charge in [-0.1, -0.05) is 12.1 Å². The van der Waals surface area contributed by atoms with Crippen LogP contribution in [0.15, 0.2) is 29.8 Å². The number of rotatable bonds is 6. The van der Waals surface area contributed by atoms with Crippen molar-refractivity contribution in [3.63, 3.8) is 0 Å². The third kappa shape index (κ3) is 1.87. The Morgan fingerprint density at radius 2 is 1.32 bits per heavy atom. The molecule has 6 heteroatoms. The summed E-state index contributed by atoms with van der Waals surface area (Å²) < 4.78 is 27.2. The minimum absolute atomic E-state index is 0.311. The summed E-state index contributed by atoms with van der Waals surface area (Å²) >= 11 is 0. The van der Waals surface area contributed by atoms with Gasteiger partial charge in [0.05, 0.1) is 7.11 Å². The number of ether oxygens (including phenoxy) is 5. The highest BCUT2D eigenvalue weighted by atomic mass is 16.8. The summed E-state index contributed by atoms with van der Waals surface area (Å²) in [5.74, 6) is -2.01. The Balaban J connectivity index is 2.66. The summed E-state index contributed by atoms with van der Waals surface area (Å²) in [4.78, 5) is 0. The minimum atomic E-state index is -1.40. The number of hydrogen-bond acceptors (Lipinski definition) is 6. The van der Waals surface area contributed by atoms with E-state index in [1.54, 1.807) is 19.2 Å². The minimum Gasteiger partial charge on any atom is -0.497 e. The fourth-order valence-electron chi connectivity index (χ4n) is 2.93. The van der Waals surface area contributed by atoms with Crippen LogP contribution in [-0.2, 0) is 18.9 Å². The highest BCUT2D eigenvalue weighted by Crippen LogP contribution is 2.57. The van der Waals surface area contributed by atoms with Gasteiger partial charge in [-0.15, -0.1) is 0 Å². The number of benzene rings is 1. The Morgan fingerprint density at radius 3 is 1.68 bits per heavy atom. The van der Waals surface area contributed by atoms with Gasteiger partial charge in [0.15, 0.2) is 0 Å². The van der Waals surface area contributed by atoms with Crippen LogP contribution in [0.3, 0.4) is 0 Å². The maximum absolute atomic E-state index is 9.54. The lowest BCUT2D eigenvalue weighted by Gasteiger charge is -2.54. The van der Waals surface area contributed by atoms with Gasteiger partial charge in [-0.25, -0.2) is 0 Å². The fourth-order valence-corrected chi connectivity index (χ4v) is 2.93. The largest absolute Gasteiger partial charge is 0.497 e. The molecule has 0 fully saturated rings. The van der Waals surface area contributed by atoms with E-state index in [-0.39, 0.29) is 0 Å². The van der Waals surface area contributed by atoms with Gasteiger partial charge in [0.1, 0.15) is 17.4 Å². The highest BCUT2D eigenvalue weighted by Gasteiger charge is 2.70. The molecule has 0 bridgehead atoms. The highest BCUT2D eigenvalue weighted by molar-refractivity contribution is 5.87. The van der Waals surface area contributed by atoms with E-state index in [1.807, 2.05) is 12.1 Å². The molecule has 2 rings (SSSR count). The molecular formula is C16H19NO5. The van der Waals surface area contributed by atoms with Crippen LogP contribution in [0, 0.1) is 11.3 Å². The van der Waals surface area contributed by atoms with Gasteiger partial charge in [-0.05, 0) is 17.7 Å². The molecular weight excluding hydrogens is 286 g/mol. The van der Waals surface area contributed by atoms with Gasteiger partial charge in [-0.2, -0.15) is 5.26 Å². The second-order valence-corrected chi connectivity index (χ2v) is 4.64. The van der Waals surface area contributed by atoms with E-state index in [2.05, 4.69) is 6.07 Å². The predicted molar refractivity (Wildman–Crippen MR) is 79.0 cm³/mol. The molecule has 0 aromatic heterocycles. The topological polar surface area (TPSA) is 69.9 Å². The third-order valence-electron chi connectivity index (χ3n) is 3.98. The molecule has 1 aliphatic rings. The van der Waals surface area contributed by atoms with E-state index < -0.39 is 11.6 Å². The summed E-state index contributed by atoms with van der Waals surface area (Å²) in [7, 11) is 7.44. The standard InChI is InChI=1S/C16H19NO5/c1-18-12-8-6-11(7-9-12)14-13(10-17)15(19-2,20-3)16(14,21-4)22-5/h6-9H,1-5H3. The average molecular weight is 305 g/mol. The van der Waals surface area contributed by atoms with Crippen LogP contribution < -0.4 is 4.74 Å². The lowest BCUT2D eigenvalue weighted by molar-refractivity contribution is -0.357. The van der Waals surface area contributed by atoms with E-state index in [9.17, 15) is 5.26 Å². The third-order valence-corrected chi connectivity index (χ3v) is 3.98. The molecule has 1 aliphatic carbocycles. The molecule has 0 radical (unpaired) electrons. The molecule has 1 aromatic carbocycles. The first-order valence-electron chi connectivity index (χ1n) is 6.61. The van der Waals surface area contributed by atoms with Crippen molar-refractivity contribution in [2.75, 3.05) is 35.5 Å². The van der Waals surface area contributed by atoms with Crippen molar-refractivity contribution in [2.45, 2.75) is 11.6 Å². The second kappa shape index (κ2) is 6.07. The van der Waals surface area contributed by atoms with Crippen molar-refractivity contribution in [2.24, 2.45) is 0 Å². The Kier molecular flexibility index (Phi) is 4.54. The van der Waals surface area contributed by atoms with Crippen molar-refractivity contribution in [1.82, 2.24) is 0 Å². The van der Waals surface area contributed by atoms with Crippen LogP contribution in [0.4, 0.5) is 0 Å². The summed E-state index contributed by atoms with van der Waals surface area (Å²) in [5, 5.41) is 9.54. The normalized spacial score (nSPS) is 18.5. The summed E-state index contributed by atoms with van der Waals surface area (Å²) in [6, 6.07) is 9.38. The Bertz CT molecular complexity index is 606. The SMILES string of the molecule is COc1ccc(C2=C(C#N)C(OC)(OC)C2(OC)OC)cc1. The first kappa shape index (κ1) is 16.5. The second-order valence-electron chi connectivity index (χ2n) is 4.64. The van der Waals surface area contributed by atoms with Gasteiger partial charge < -0.3 is 23.7 Å². The van der Waals surface area contributed by atoms with E-state index >= 15 is 0 Å². The number of methoxy groups -OCH3 is 5. The number of hydrogen-bond donors (Lipinski definition) is 0.